The van der Waals surface area contributed by atoms with Crippen LogP contribution in [0.1, 0.15) is 53.0 Å². The van der Waals surface area contributed by atoms with Gasteiger partial charge in [0.05, 0.1) is 30.3 Å². The molecule has 2 unspecified atom stereocenters. The van der Waals surface area contributed by atoms with Crippen LogP contribution in [0, 0.1) is 16.7 Å². The minimum Gasteiger partial charge on any atom is -0.469 e. The number of esters is 1. The van der Waals surface area contributed by atoms with E-state index in [1.807, 2.05) is 50.0 Å². The van der Waals surface area contributed by atoms with Crippen LogP contribution in [0.4, 0.5) is 0 Å². The van der Waals surface area contributed by atoms with Crippen LogP contribution in [0.5, 0.6) is 0 Å². The topological polar surface area (TPSA) is 97.6 Å². The summed E-state index contributed by atoms with van der Waals surface area (Å²) in [5.74, 6) is -0.371. The Bertz CT molecular complexity index is 1380. The van der Waals surface area contributed by atoms with E-state index in [-0.39, 0.29) is 29.1 Å². The van der Waals surface area contributed by atoms with Crippen LogP contribution in [0.25, 0.3) is 0 Å². The molecule has 0 spiro atoms. The summed E-state index contributed by atoms with van der Waals surface area (Å²) in [5, 5.41) is 0. The van der Waals surface area contributed by atoms with E-state index in [0.717, 1.165) is 17.6 Å². The fourth-order valence-electron chi connectivity index (χ4n) is 5.10. The summed E-state index contributed by atoms with van der Waals surface area (Å²) in [4.78, 5) is 24.4. The lowest BCUT2D eigenvalue weighted by Crippen LogP contribution is -2.36. The predicted molar refractivity (Wildman–Crippen MR) is 158 cm³/mol. The smallest absolute Gasteiger partial charge is 0.313 e. The quantitative estimate of drug-likeness (QED) is 0.443. The molecule has 216 valence electrons. The van der Waals surface area contributed by atoms with Crippen LogP contribution in [0.3, 0.4) is 0 Å². The van der Waals surface area contributed by atoms with Gasteiger partial charge in [-0.05, 0) is 40.5 Å². The third-order valence-electron chi connectivity index (χ3n) is 7.33. The third kappa shape index (κ3) is 7.37. The zero-order chi connectivity index (χ0) is 29.1. The predicted octanol–water partition coefficient (Wildman–Crippen LogP) is 5.12. The summed E-state index contributed by atoms with van der Waals surface area (Å²) in [6.45, 7) is 11.4. The average Bonchev–Trinajstić information content (AvgIpc) is 3.02. The summed E-state index contributed by atoms with van der Waals surface area (Å²) >= 11 is 0. The molecule has 2 aliphatic heterocycles. The van der Waals surface area contributed by atoms with Gasteiger partial charge in [0.1, 0.15) is 0 Å². The summed E-state index contributed by atoms with van der Waals surface area (Å²) in [6.07, 6.45) is 11.1. The highest BCUT2D eigenvalue weighted by molar-refractivity contribution is 7.91. The van der Waals surface area contributed by atoms with E-state index < -0.39 is 22.0 Å². The number of methoxy groups -OCH3 is 1. The fourth-order valence-corrected chi connectivity index (χ4v) is 6.60. The van der Waals surface area contributed by atoms with Crippen molar-refractivity contribution >= 4 is 27.5 Å². The first kappa shape index (κ1) is 29.9. The monoisotopic (exact) mass is 567 g/mol. The first-order chi connectivity index (χ1) is 18.8. The molecule has 40 heavy (non-hydrogen) atoms. The number of nitrogens with zero attached hydrogens (tertiary/aromatic N) is 3. The van der Waals surface area contributed by atoms with Gasteiger partial charge in [-0.2, -0.15) is 0 Å². The Morgan fingerprint density at radius 1 is 1.25 bits per heavy atom. The minimum atomic E-state index is -3.42. The summed E-state index contributed by atoms with van der Waals surface area (Å²) in [7, 11) is -2.03. The fraction of sp³-hybridized carbons (Fsp3) is 0.516. The Labute approximate surface area is 238 Å². The van der Waals surface area contributed by atoms with Gasteiger partial charge in [0.25, 0.3) is 0 Å². The van der Waals surface area contributed by atoms with Crippen molar-refractivity contribution in [1.82, 2.24) is 4.90 Å². The SMILES string of the molecule is COC(=O)C(/C=C\C1=NC(N2CCS(=O)(=O)c3ccccc3C2)=NC(OCC2=CC(C)(C)CC=C2)C1)C(C)(C)C. The van der Waals surface area contributed by atoms with E-state index in [4.69, 9.17) is 19.5 Å². The Morgan fingerprint density at radius 3 is 2.70 bits per heavy atom. The Kier molecular flexibility index (Phi) is 8.85. The first-order valence-corrected chi connectivity index (χ1v) is 15.4. The maximum Gasteiger partial charge on any atom is 0.313 e. The van der Waals surface area contributed by atoms with Crippen molar-refractivity contribution in [3.63, 3.8) is 0 Å². The molecule has 0 bridgehead atoms. The van der Waals surface area contributed by atoms with E-state index in [1.54, 1.807) is 12.1 Å². The number of aliphatic imine (C=N–C) groups is 2. The Hall–Kier alpha value is -3.04. The lowest BCUT2D eigenvalue weighted by molar-refractivity contribution is -0.146. The van der Waals surface area contributed by atoms with Crippen molar-refractivity contribution in [2.45, 2.75) is 65.1 Å². The molecule has 0 fully saturated rings. The third-order valence-corrected chi connectivity index (χ3v) is 9.12. The van der Waals surface area contributed by atoms with Crippen molar-refractivity contribution < 1.29 is 22.7 Å². The number of carbonyl (C=O) groups is 1. The molecule has 0 saturated heterocycles. The molecular formula is C31H41N3O5S. The number of benzene rings is 1. The van der Waals surface area contributed by atoms with Crippen LogP contribution in [0.15, 0.2) is 75.1 Å². The maximum atomic E-state index is 12.9. The van der Waals surface area contributed by atoms with Gasteiger partial charge < -0.3 is 14.4 Å². The van der Waals surface area contributed by atoms with Gasteiger partial charge in [0.15, 0.2) is 16.1 Å². The van der Waals surface area contributed by atoms with Crippen molar-refractivity contribution in [2.75, 3.05) is 26.0 Å². The zero-order valence-corrected chi connectivity index (χ0v) is 25.2. The highest BCUT2D eigenvalue weighted by atomic mass is 32.2. The van der Waals surface area contributed by atoms with Gasteiger partial charge in [-0.1, -0.05) is 77.1 Å². The number of allylic oxidation sites excluding steroid dienone is 3. The number of rotatable bonds is 6. The van der Waals surface area contributed by atoms with Crippen molar-refractivity contribution in [1.29, 1.82) is 0 Å². The standard InChI is InChI=1S/C31H41N3O5S/c1-30(2,3)25(28(35)38-6)14-13-24-18-27(39-21-22-10-9-15-31(4,5)19-22)33-29(32-24)34-16-17-40(36,37)26-12-8-7-11-23(26)20-34/h7-14,19,25,27H,15-18,20-21H2,1-6H3/b14-13-. The number of hydrogen-bond donors (Lipinski definition) is 0. The second-order valence-electron chi connectivity index (χ2n) is 12.4. The molecule has 0 radical (unpaired) electrons. The molecule has 2 atom stereocenters. The number of sulfone groups is 1. The van der Waals surface area contributed by atoms with E-state index in [9.17, 15) is 13.2 Å². The van der Waals surface area contributed by atoms with Gasteiger partial charge in [-0.15, -0.1) is 0 Å². The molecule has 0 aromatic heterocycles. The lowest BCUT2D eigenvalue weighted by atomic mass is 9.80. The Morgan fingerprint density at radius 2 is 2.00 bits per heavy atom. The number of ether oxygens (including phenoxy) is 2. The molecule has 9 heteroatoms. The lowest BCUT2D eigenvalue weighted by Gasteiger charge is -2.28. The van der Waals surface area contributed by atoms with Crippen LogP contribution in [0.2, 0.25) is 0 Å². The molecule has 2 heterocycles. The maximum absolute atomic E-state index is 12.9. The molecule has 4 rings (SSSR count). The molecule has 1 aromatic carbocycles. The highest BCUT2D eigenvalue weighted by Crippen LogP contribution is 2.31. The summed E-state index contributed by atoms with van der Waals surface area (Å²) in [6, 6.07) is 7.08. The molecule has 8 nitrogen and oxygen atoms in total. The number of fused-ring (bicyclic) bond motifs is 1. The second-order valence-corrected chi connectivity index (χ2v) is 14.5. The summed E-state index contributed by atoms with van der Waals surface area (Å²) in [5.41, 5.74) is 2.25. The number of guanidine groups is 1. The van der Waals surface area contributed by atoms with E-state index >= 15 is 0 Å². The minimum absolute atomic E-state index is 0.0313. The van der Waals surface area contributed by atoms with Gasteiger partial charge in [-0.3, -0.25) is 4.79 Å². The molecule has 0 amide bonds. The van der Waals surface area contributed by atoms with Gasteiger partial charge in [0.2, 0.25) is 5.96 Å². The molecule has 1 aliphatic carbocycles. The normalized spacial score (nSPS) is 23.0. The molecular weight excluding hydrogens is 526 g/mol. The molecule has 1 aromatic rings. The van der Waals surface area contributed by atoms with Gasteiger partial charge in [-0.25, -0.2) is 18.4 Å². The van der Waals surface area contributed by atoms with Crippen molar-refractivity contribution in [3.8, 4) is 0 Å². The number of hydrogen-bond acceptors (Lipinski definition) is 8. The van der Waals surface area contributed by atoms with E-state index in [1.165, 1.54) is 7.11 Å². The van der Waals surface area contributed by atoms with E-state index in [2.05, 4.69) is 32.1 Å². The highest BCUT2D eigenvalue weighted by Gasteiger charge is 2.32. The average molecular weight is 568 g/mol. The largest absolute Gasteiger partial charge is 0.469 e. The first-order valence-electron chi connectivity index (χ1n) is 13.7. The molecule has 0 saturated carbocycles. The van der Waals surface area contributed by atoms with Crippen molar-refractivity contribution in [2.24, 2.45) is 26.7 Å². The molecule has 0 N–H and O–H groups in total. The van der Waals surface area contributed by atoms with E-state index in [0.29, 0.717) is 36.1 Å². The van der Waals surface area contributed by atoms with Crippen LogP contribution in [-0.2, 0) is 30.7 Å². The second kappa shape index (κ2) is 11.8. The van der Waals surface area contributed by atoms with Gasteiger partial charge in [0, 0.05) is 25.2 Å². The van der Waals surface area contributed by atoms with Crippen LogP contribution in [-0.4, -0.2) is 63.2 Å². The van der Waals surface area contributed by atoms with Crippen LogP contribution >= 0.6 is 0 Å². The zero-order valence-electron chi connectivity index (χ0n) is 24.4. The van der Waals surface area contributed by atoms with Gasteiger partial charge >= 0.3 is 5.97 Å². The summed E-state index contributed by atoms with van der Waals surface area (Å²) < 4.78 is 37.2. The van der Waals surface area contributed by atoms with Crippen molar-refractivity contribution in [3.05, 3.63) is 65.8 Å². The molecule has 3 aliphatic rings. The number of carbonyl (C=O) groups excluding carboxylic acids is 1. The van der Waals surface area contributed by atoms with Crippen LogP contribution < -0.4 is 0 Å². The Balaban J connectivity index is 1.64.